The second-order valence-corrected chi connectivity index (χ2v) is 23.4. The SMILES string of the molecule is Nc1ccc2c(C(F)(F)F)cc(=O)oc2c1.Nc1ccc2oc(=O)c3ccccc3c2c1.O=Bc1ccc(C(=O)Cl)cc1.O=Bc1ccc(C(=O)Cl)cc1.O=C(Nc1ccc2c(C(F)(F)F)cc(=O)oc2c1)c1ccc(B(O)O)cc1.O=C(Nc1ccc2oc(=O)c3ccccc3c2c1)c1ccc(B(O)O)cc1. The average molecular weight is 1510 g/mol. The maximum atomic E-state index is 13.0. The van der Waals surface area contributed by atoms with Crippen LogP contribution in [0.5, 0.6) is 0 Å². The number of halogens is 8. The van der Waals surface area contributed by atoms with E-state index in [1.807, 2.05) is 36.4 Å². The first-order chi connectivity index (χ1) is 51.3. The summed E-state index contributed by atoms with van der Waals surface area (Å²) in [7, 11) is -1.83. The summed E-state index contributed by atoms with van der Waals surface area (Å²) >= 11 is 10.3. The number of nitrogens with two attached hydrogens (primary N) is 2. The summed E-state index contributed by atoms with van der Waals surface area (Å²) in [4.78, 5) is 91.8. The third kappa shape index (κ3) is 20.4. The molecule has 0 atom stereocenters. The van der Waals surface area contributed by atoms with Gasteiger partial charge in [0.1, 0.15) is 22.3 Å². The summed E-state index contributed by atoms with van der Waals surface area (Å²) in [5, 5.41) is 44.3. The molecule has 4 heterocycles. The van der Waals surface area contributed by atoms with Crippen molar-refractivity contribution in [3.8, 4) is 0 Å². The number of anilines is 4. The molecule has 0 radical (unpaired) electrons. The van der Waals surface area contributed by atoms with Crippen LogP contribution in [0.3, 0.4) is 0 Å². The Kier molecular flexibility index (Phi) is 25.7. The van der Waals surface area contributed by atoms with Gasteiger partial charge in [-0.15, -0.1) is 0 Å². The van der Waals surface area contributed by atoms with Crippen LogP contribution in [-0.2, 0) is 21.8 Å². The molecule has 0 saturated carbocycles. The van der Waals surface area contributed by atoms with Crippen LogP contribution in [-0.4, -0.2) is 70.9 Å². The van der Waals surface area contributed by atoms with E-state index in [2.05, 4.69) is 15.1 Å². The van der Waals surface area contributed by atoms with Gasteiger partial charge in [-0.05, 0) is 119 Å². The number of carbonyl (C=O) groups is 4. The number of hydrogen-bond acceptors (Lipinski definition) is 20. The molecule has 2 amide bonds. The van der Waals surface area contributed by atoms with E-state index in [4.69, 9.17) is 68.0 Å². The van der Waals surface area contributed by atoms with E-state index >= 15 is 0 Å². The molecule has 0 saturated heterocycles. The van der Waals surface area contributed by atoms with Crippen molar-refractivity contribution in [3.05, 3.63) is 306 Å². The minimum Gasteiger partial charge on any atom is -0.423 e. The Morgan fingerprint density at radius 1 is 0.370 bits per heavy atom. The fraction of sp³-hybridized carbons (Fsp3) is 0.0270. The van der Waals surface area contributed by atoms with Crippen molar-refractivity contribution in [1.29, 1.82) is 0 Å². The van der Waals surface area contributed by atoms with Gasteiger partial charge in [0.05, 0.1) is 21.9 Å². The zero-order valence-electron chi connectivity index (χ0n) is 54.9. The first-order valence-corrected chi connectivity index (χ1v) is 31.8. The van der Waals surface area contributed by atoms with Crippen LogP contribution in [0, 0.1) is 0 Å². The van der Waals surface area contributed by atoms with Crippen molar-refractivity contribution in [2.45, 2.75) is 12.4 Å². The summed E-state index contributed by atoms with van der Waals surface area (Å²) in [5.41, 5.74) is 11.1. The van der Waals surface area contributed by atoms with Gasteiger partial charge in [-0.25, -0.2) is 19.2 Å². The fourth-order valence-electron chi connectivity index (χ4n) is 10.2. The van der Waals surface area contributed by atoms with Crippen molar-refractivity contribution in [3.63, 3.8) is 0 Å². The van der Waals surface area contributed by atoms with Crippen LogP contribution in [0.25, 0.3) is 65.4 Å². The number of carbonyl (C=O) groups excluding carboxylic acids is 4. The summed E-state index contributed by atoms with van der Waals surface area (Å²) in [6.07, 6.45) is -9.32. The Morgan fingerprint density at radius 2 is 0.713 bits per heavy atom. The molecule has 0 aliphatic rings. The topological polar surface area (TPSA) is 380 Å². The van der Waals surface area contributed by atoms with Gasteiger partial charge in [0.2, 0.25) is 0 Å². The number of hydrogen-bond donors (Lipinski definition) is 8. The van der Waals surface area contributed by atoms with E-state index in [0.717, 1.165) is 33.7 Å². The Hall–Kier alpha value is -12.7. The fourth-order valence-corrected chi connectivity index (χ4v) is 10.4. The second-order valence-electron chi connectivity index (χ2n) is 22.7. The Bertz CT molecular complexity index is 5930. The minimum absolute atomic E-state index is 0.126. The van der Waals surface area contributed by atoms with Crippen LogP contribution in [0.1, 0.15) is 52.6 Å². The molecule has 34 heteroatoms. The normalized spacial score (nSPS) is 10.8. The average Bonchev–Trinajstić information content (AvgIpc) is 0.791. The maximum Gasteiger partial charge on any atom is 0.488 e. The van der Waals surface area contributed by atoms with Crippen LogP contribution in [0.2, 0.25) is 0 Å². The molecule has 540 valence electrons. The quantitative estimate of drug-likeness (QED) is 0.0157. The van der Waals surface area contributed by atoms with E-state index in [9.17, 15) is 74.1 Å². The molecule has 0 aliphatic carbocycles. The van der Waals surface area contributed by atoms with E-state index in [1.165, 1.54) is 97.1 Å². The molecule has 10 aromatic carbocycles. The predicted octanol–water partition coefficient (Wildman–Crippen LogP) is 10.0. The summed E-state index contributed by atoms with van der Waals surface area (Å²) in [5.74, 6) is -0.919. The number of nitrogen functional groups attached to an aromatic ring is 2. The Morgan fingerprint density at radius 3 is 1.11 bits per heavy atom. The number of nitrogens with one attached hydrogen (secondary N) is 2. The molecule has 0 spiro atoms. The standard InChI is InChI=1S/C20H14BNO5.C17H11BF3NO5.C13H9NO2.C10H6F3NO2.2C7H4BClO2/c23-19(12-5-7-13(8-6-12)21(25)26)22-14-9-10-18-17(11-14)15-3-1-2-4-16(15)20(24)27-18;19-17(20,21)13-8-15(23)27-14-7-11(5-6-12(13)14)22-16(24)9-1-3-10(4-2-9)18(25)26;14-8-5-6-12-11(7-8)9-3-1-2-4-10(9)13(15)16-12;11-10(12,13)7-4-9(15)16-8-3-5(14)1-2-6(7)8;2*9-7(10)5-1-3-6(8-11)4-2-5/h1-11,25-26H,(H,22,23);1-8,25-26H,(H,22,24);1-7H,14H2;1-4H,14H2;2*1-4H. The van der Waals surface area contributed by atoms with Gasteiger partial charge in [0.25, 0.3) is 11.8 Å². The van der Waals surface area contributed by atoms with Gasteiger partial charge in [-0.1, -0.05) is 60.7 Å². The summed E-state index contributed by atoms with van der Waals surface area (Å²) in [6, 6.07) is 56.4. The molecule has 0 unspecified atom stereocenters. The first kappa shape index (κ1) is 79.4. The van der Waals surface area contributed by atoms with Crippen LogP contribution in [0.4, 0.5) is 49.1 Å². The predicted molar refractivity (Wildman–Crippen MR) is 398 cm³/mol. The molecule has 0 bridgehead atoms. The zero-order valence-corrected chi connectivity index (χ0v) is 56.4. The van der Waals surface area contributed by atoms with Crippen molar-refractivity contribution >= 4 is 184 Å². The molecule has 4 aromatic heterocycles. The van der Waals surface area contributed by atoms with Gasteiger partial charge >= 0.3 is 187 Å². The van der Waals surface area contributed by atoms with E-state index in [-0.39, 0.29) is 55.9 Å². The Balaban J connectivity index is 0.000000155. The van der Waals surface area contributed by atoms with Gasteiger partial charge in [0.15, 0.2) is 0 Å². The van der Waals surface area contributed by atoms with Gasteiger partial charge in [-0.3, -0.25) is 9.59 Å². The smallest absolute Gasteiger partial charge is 0.423 e. The molecule has 14 aromatic rings. The first-order valence-electron chi connectivity index (χ1n) is 31.1. The number of alkyl halides is 6. The molecular weight excluding hydrogens is 1460 g/mol. The van der Waals surface area contributed by atoms with Gasteiger partial charge in [0, 0.05) is 79.7 Å². The third-order valence-corrected chi connectivity index (χ3v) is 15.8. The van der Waals surface area contributed by atoms with Crippen molar-refractivity contribution in [1.82, 2.24) is 0 Å². The zero-order chi connectivity index (χ0) is 78.3. The second kappa shape index (κ2) is 34.9. The molecule has 108 heavy (non-hydrogen) atoms. The molecule has 14 rings (SSSR count). The van der Waals surface area contributed by atoms with Crippen LogP contribution >= 0.6 is 23.2 Å². The molecule has 0 fully saturated rings. The van der Waals surface area contributed by atoms with E-state index < -0.39 is 71.0 Å². The van der Waals surface area contributed by atoms with Crippen LogP contribution < -0.4 is 66.5 Å². The molecule has 22 nitrogen and oxygen atoms in total. The Labute approximate surface area is 613 Å². The maximum absolute atomic E-state index is 13.0. The summed E-state index contributed by atoms with van der Waals surface area (Å²) < 4.78 is 117. The van der Waals surface area contributed by atoms with Gasteiger partial charge < -0.3 is 59.9 Å². The molecule has 10 N–H and O–H groups in total. The van der Waals surface area contributed by atoms with Crippen molar-refractivity contribution in [2.24, 2.45) is 0 Å². The number of fused-ring (bicyclic) bond motifs is 8. The monoisotopic (exact) mass is 1510 g/mol. The van der Waals surface area contributed by atoms with Crippen molar-refractivity contribution < 1.29 is 92.7 Å². The van der Waals surface area contributed by atoms with Gasteiger partial charge in [-0.2, -0.15) is 26.3 Å². The number of benzene rings is 10. The van der Waals surface area contributed by atoms with E-state index in [1.54, 1.807) is 72.8 Å². The van der Waals surface area contributed by atoms with Crippen LogP contribution in [0.15, 0.2) is 267 Å². The minimum atomic E-state index is -4.72. The number of amides is 2. The summed E-state index contributed by atoms with van der Waals surface area (Å²) in [6.45, 7) is 0. The number of rotatable bonds is 10. The molecular formula is C74H48B4Cl2F6N4O18. The van der Waals surface area contributed by atoms with E-state index in [0.29, 0.717) is 92.8 Å². The third-order valence-electron chi connectivity index (χ3n) is 15.4. The molecule has 0 aliphatic heterocycles. The van der Waals surface area contributed by atoms with Crippen molar-refractivity contribution in [2.75, 3.05) is 22.1 Å². The largest absolute Gasteiger partial charge is 0.488 e.